The smallest absolute Gasteiger partial charge is 0.234 e. The second-order valence-corrected chi connectivity index (χ2v) is 5.17. The summed E-state index contributed by atoms with van der Waals surface area (Å²) in [5.74, 6) is 0.510. The average molecular weight is 259 g/mol. The van der Waals surface area contributed by atoms with Gasteiger partial charge in [0.05, 0.1) is 13.2 Å². The summed E-state index contributed by atoms with van der Waals surface area (Å²) in [6.45, 7) is 7.14. The number of rotatable bonds is 5. The predicted octanol–water partition coefficient (Wildman–Crippen LogP) is -0.254. The number of amides is 1. The van der Waals surface area contributed by atoms with E-state index in [1.807, 2.05) is 4.90 Å². The lowest BCUT2D eigenvalue weighted by Gasteiger charge is -2.31. The first kappa shape index (κ1) is 14.3. The molecule has 98 valence electrons. The molecular formula is C11H21N3O2S. The highest BCUT2D eigenvalue weighted by Gasteiger charge is 2.23. The zero-order chi connectivity index (χ0) is 12.8. The highest BCUT2D eigenvalue weighted by Crippen LogP contribution is 2.05. The third kappa shape index (κ3) is 5.43. The minimum Gasteiger partial charge on any atom is -0.391 e. The first-order valence-electron chi connectivity index (χ1n) is 5.89. The highest BCUT2D eigenvalue weighted by atomic mass is 32.1. The van der Waals surface area contributed by atoms with E-state index in [1.54, 1.807) is 0 Å². The maximum atomic E-state index is 11.6. The molecule has 5 nitrogen and oxygen atoms in total. The van der Waals surface area contributed by atoms with Gasteiger partial charge in [-0.25, -0.2) is 0 Å². The van der Waals surface area contributed by atoms with Gasteiger partial charge >= 0.3 is 0 Å². The lowest BCUT2D eigenvalue weighted by molar-refractivity contribution is -0.123. The Morgan fingerprint density at radius 2 is 2.35 bits per heavy atom. The van der Waals surface area contributed by atoms with E-state index >= 15 is 0 Å². The molecule has 1 fully saturated rings. The summed E-state index contributed by atoms with van der Waals surface area (Å²) in [6, 6.07) is 0. The molecule has 0 aliphatic carbocycles. The maximum absolute atomic E-state index is 11.6. The van der Waals surface area contributed by atoms with Crippen LogP contribution in [0, 0.1) is 5.92 Å². The molecule has 1 heterocycles. The van der Waals surface area contributed by atoms with Gasteiger partial charge in [-0.15, -0.1) is 0 Å². The minimum atomic E-state index is -0.225. The lowest BCUT2D eigenvalue weighted by atomic mass is 10.2. The lowest BCUT2D eigenvalue weighted by Crippen LogP contribution is -2.50. The van der Waals surface area contributed by atoms with Gasteiger partial charge in [-0.05, 0) is 5.92 Å². The van der Waals surface area contributed by atoms with Crippen LogP contribution in [-0.2, 0) is 9.53 Å². The van der Waals surface area contributed by atoms with Crippen molar-refractivity contribution in [3.05, 3.63) is 0 Å². The number of carbonyl (C=O) groups is 1. The number of carbonyl (C=O) groups excluding carboxylic acids is 1. The number of thiocarbonyl (C=S) groups is 1. The van der Waals surface area contributed by atoms with Crippen molar-refractivity contribution in [2.75, 3.05) is 32.8 Å². The zero-order valence-electron chi connectivity index (χ0n) is 10.4. The van der Waals surface area contributed by atoms with Crippen LogP contribution in [0.4, 0.5) is 0 Å². The second-order valence-electron chi connectivity index (χ2n) is 4.69. The third-order valence-corrected chi connectivity index (χ3v) is 2.81. The van der Waals surface area contributed by atoms with E-state index in [1.165, 1.54) is 0 Å². The third-order valence-electron chi connectivity index (χ3n) is 2.54. The van der Waals surface area contributed by atoms with Gasteiger partial charge in [-0.2, -0.15) is 0 Å². The van der Waals surface area contributed by atoms with E-state index in [0.717, 1.165) is 6.54 Å². The molecule has 17 heavy (non-hydrogen) atoms. The Morgan fingerprint density at radius 1 is 1.65 bits per heavy atom. The summed E-state index contributed by atoms with van der Waals surface area (Å²) in [4.78, 5) is 14.0. The summed E-state index contributed by atoms with van der Waals surface area (Å²) < 4.78 is 5.41. The van der Waals surface area contributed by atoms with Gasteiger partial charge in [0, 0.05) is 19.6 Å². The van der Waals surface area contributed by atoms with Crippen molar-refractivity contribution in [1.29, 1.82) is 0 Å². The zero-order valence-corrected chi connectivity index (χ0v) is 11.3. The molecule has 1 saturated heterocycles. The van der Waals surface area contributed by atoms with Crippen LogP contribution in [-0.4, -0.2) is 54.7 Å². The first-order valence-corrected chi connectivity index (χ1v) is 6.30. The van der Waals surface area contributed by atoms with Gasteiger partial charge in [-0.3, -0.25) is 9.69 Å². The van der Waals surface area contributed by atoms with Gasteiger partial charge in [0.1, 0.15) is 11.1 Å². The van der Waals surface area contributed by atoms with Crippen LogP contribution in [0.5, 0.6) is 0 Å². The summed E-state index contributed by atoms with van der Waals surface area (Å²) in [5, 5.41) is 2.89. The number of hydrogen-bond acceptors (Lipinski definition) is 4. The summed E-state index contributed by atoms with van der Waals surface area (Å²) in [5.41, 5.74) is 5.54. The molecule has 1 aliphatic rings. The molecule has 0 spiro atoms. The van der Waals surface area contributed by atoms with Crippen LogP contribution in [0.15, 0.2) is 0 Å². The van der Waals surface area contributed by atoms with Crippen LogP contribution < -0.4 is 11.1 Å². The largest absolute Gasteiger partial charge is 0.391 e. The van der Waals surface area contributed by atoms with E-state index in [2.05, 4.69) is 19.2 Å². The van der Waals surface area contributed by atoms with Crippen LogP contribution >= 0.6 is 12.2 Å². The predicted molar refractivity (Wildman–Crippen MR) is 70.8 cm³/mol. The molecule has 0 aromatic carbocycles. The number of hydrogen-bond donors (Lipinski definition) is 2. The van der Waals surface area contributed by atoms with Crippen molar-refractivity contribution in [3.63, 3.8) is 0 Å². The minimum absolute atomic E-state index is 0.0438. The van der Waals surface area contributed by atoms with Crippen molar-refractivity contribution in [2.45, 2.75) is 20.0 Å². The first-order chi connectivity index (χ1) is 7.99. The topological polar surface area (TPSA) is 67.6 Å². The van der Waals surface area contributed by atoms with Gasteiger partial charge in [0.25, 0.3) is 0 Å². The fourth-order valence-electron chi connectivity index (χ4n) is 1.60. The molecule has 0 saturated carbocycles. The monoisotopic (exact) mass is 259 g/mol. The van der Waals surface area contributed by atoms with E-state index in [-0.39, 0.29) is 12.0 Å². The number of nitrogens with two attached hydrogens (primary N) is 1. The van der Waals surface area contributed by atoms with Crippen LogP contribution in [0.2, 0.25) is 0 Å². The molecule has 1 unspecified atom stereocenters. The van der Waals surface area contributed by atoms with Crippen molar-refractivity contribution in [2.24, 2.45) is 11.7 Å². The van der Waals surface area contributed by atoms with Crippen molar-refractivity contribution in [1.82, 2.24) is 10.2 Å². The van der Waals surface area contributed by atoms with Crippen LogP contribution in [0.25, 0.3) is 0 Å². The molecular weight excluding hydrogens is 238 g/mol. The number of morpholine rings is 1. The van der Waals surface area contributed by atoms with Crippen molar-refractivity contribution < 1.29 is 9.53 Å². The van der Waals surface area contributed by atoms with E-state index in [0.29, 0.717) is 37.1 Å². The fraction of sp³-hybridized carbons (Fsp3) is 0.818. The maximum Gasteiger partial charge on any atom is 0.234 e. The molecule has 1 aliphatic heterocycles. The Kier molecular flexibility index (Phi) is 5.80. The normalized spacial score (nSPS) is 21.5. The molecule has 0 radical (unpaired) electrons. The Balaban J connectivity index is 2.30. The molecule has 0 bridgehead atoms. The average Bonchev–Trinajstić information content (AvgIpc) is 2.26. The number of nitrogens with zero attached hydrogens (tertiary/aromatic N) is 1. The molecule has 0 aromatic heterocycles. The van der Waals surface area contributed by atoms with E-state index in [9.17, 15) is 4.79 Å². The van der Waals surface area contributed by atoms with Crippen molar-refractivity contribution >= 4 is 23.1 Å². The van der Waals surface area contributed by atoms with Crippen molar-refractivity contribution in [3.8, 4) is 0 Å². The summed E-state index contributed by atoms with van der Waals surface area (Å²) in [6.07, 6.45) is -0.225. The van der Waals surface area contributed by atoms with Gasteiger partial charge in [0.2, 0.25) is 5.91 Å². The Hall–Kier alpha value is -0.720. The van der Waals surface area contributed by atoms with Crippen LogP contribution in [0.1, 0.15) is 13.8 Å². The Morgan fingerprint density at radius 3 is 2.94 bits per heavy atom. The van der Waals surface area contributed by atoms with Crippen LogP contribution in [0.3, 0.4) is 0 Å². The molecule has 6 heteroatoms. The SMILES string of the molecule is CC(C)CNC(=O)CN1CCOC(C(N)=S)C1. The van der Waals surface area contributed by atoms with Gasteiger partial charge in [0.15, 0.2) is 0 Å². The van der Waals surface area contributed by atoms with Gasteiger partial charge < -0.3 is 15.8 Å². The van der Waals surface area contributed by atoms with E-state index in [4.69, 9.17) is 22.7 Å². The fourth-order valence-corrected chi connectivity index (χ4v) is 1.74. The number of nitrogens with one attached hydrogen (secondary N) is 1. The summed E-state index contributed by atoms with van der Waals surface area (Å²) in [7, 11) is 0. The molecule has 1 rings (SSSR count). The second kappa shape index (κ2) is 6.88. The molecule has 1 atom stereocenters. The quantitative estimate of drug-likeness (QED) is 0.666. The Bertz CT molecular complexity index is 284. The number of ether oxygens (including phenoxy) is 1. The van der Waals surface area contributed by atoms with E-state index < -0.39 is 0 Å². The van der Waals surface area contributed by atoms with Gasteiger partial charge in [-0.1, -0.05) is 26.1 Å². The molecule has 0 aromatic rings. The molecule has 3 N–H and O–H groups in total. The summed E-state index contributed by atoms with van der Waals surface area (Å²) >= 11 is 4.89. The highest BCUT2D eigenvalue weighted by molar-refractivity contribution is 7.80. The Labute approximate surface area is 108 Å². The molecule has 1 amide bonds. The standard InChI is InChI=1S/C11H21N3O2S/c1-8(2)5-13-10(15)7-14-3-4-16-9(6-14)11(12)17/h8-9H,3-7H2,1-2H3,(H2,12,17)(H,13,15).